The molecule has 0 fully saturated rings. The van der Waals surface area contributed by atoms with Crippen LogP contribution < -0.4 is 0 Å². The number of nitrogens with zero attached hydrogens (tertiary/aromatic N) is 2. The number of aromatic nitrogens is 1. The predicted octanol–water partition coefficient (Wildman–Crippen LogP) is 2.99. The second-order valence-corrected chi connectivity index (χ2v) is 5.74. The van der Waals surface area contributed by atoms with Crippen LogP contribution in [-0.4, -0.2) is 39.0 Å². The van der Waals surface area contributed by atoms with Crippen LogP contribution >= 0.6 is 15.9 Å². The van der Waals surface area contributed by atoms with Gasteiger partial charge in [0.2, 0.25) is 0 Å². The Morgan fingerprint density at radius 1 is 1.45 bits per heavy atom. The zero-order valence-corrected chi connectivity index (χ0v) is 13.7. The van der Waals surface area contributed by atoms with Crippen LogP contribution in [0.5, 0.6) is 0 Å². The Labute approximate surface area is 127 Å². The molecule has 0 spiro atoms. The Kier molecular flexibility index (Phi) is 6.26. The second-order valence-electron chi connectivity index (χ2n) is 4.82. The third-order valence-corrected chi connectivity index (χ3v) is 3.67. The van der Waals surface area contributed by atoms with Gasteiger partial charge in [0.15, 0.2) is 0 Å². The van der Waals surface area contributed by atoms with Gasteiger partial charge in [0, 0.05) is 23.3 Å². The first-order valence-electron chi connectivity index (χ1n) is 6.79. The molecule has 0 radical (unpaired) electrons. The molecule has 1 rings (SSSR count). The van der Waals surface area contributed by atoms with Crippen LogP contribution in [0.4, 0.5) is 0 Å². The Morgan fingerprint density at radius 2 is 2.10 bits per heavy atom. The monoisotopic (exact) mass is 344 g/mol. The first-order valence-corrected chi connectivity index (χ1v) is 7.58. The van der Waals surface area contributed by atoms with Gasteiger partial charge in [-0.3, -0.25) is 9.59 Å². The molecule has 0 aliphatic carbocycles. The largest absolute Gasteiger partial charge is 0.480 e. The van der Waals surface area contributed by atoms with Crippen LogP contribution in [0.25, 0.3) is 0 Å². The lowest BCUT2D eigenvalue weighted by atomic mass is 10.2. The third-order valence-electron chi connectivity index (χ3n) is 3.24. The van der Waals surface area contributed by atoms with E-state index in [0.717, 1.165) is 17.4 Å². The van der Waals surface area contributed by atoms with Gasteiger partial charge in [-0.1, -0.05) is 13.8 Å². The molecule has 1 atom stereocenters. The van der Waals surface area contributed by atoms with Crippen molar-refractivity contribution in [3.8, 4) is 0 Å². The first-order chi connectivity index (χ1) is 9.40. The van der Waals surface area contributed by atoms with Crippen molar-refractivity contribution in [1.82, 2.24) is 9.47 Å². The van der Waals surface area contributed by atoms with Crippen LogP contribution in [0.1, 0.15) is 44.1 Å². The summed E-state index contributed by atoms with van der Waals surface area (Å²) in [7, 11) is 0. The predicted molar refractivity (Wildman–Crippen MR) is 80.8 cm³/mol. The molecule has 1 aromatic rings. The lowest BCUT2D eigenvalue weighted by Gasteiger charge is -2.27. The SMILES string of the molecule is CCCn1cc(Br)cc1C(=O)N(CC(=O)O)C(C)CC. The summed E-state index contributed by atoms with van der Waals surface area (Å²) in [6.07, 6.45) is 3.48. The number of aliphatic carboxylic acids is 1. The number of hydrogen-bond acceptors (Lipinski definition) is 2. The highest BCUT2D eigenvalue weighted by Crippen LogP contribution is 2.19. The summed E-state index contributed by atoms with van der Waals surface area (Å²) in [5.74, 6) is -1.23. The van der Waals surface area contributed by atoms with E-state index in [1.165, 1.54) is 4.90 Å². The van der Waals surface area contributed by atoms with Crippen LogP contribution in [0.3, 0.4) is 0 Å². The standard InChI is InChI=1S/C14H21BrN2O3/c1-4-6-16-8-11(15)7-12(16)14(20)17(9-13(18)19)10(3)5-2/h7-8,10H,4-6,9H2,1-3H3,(H,18,19). The van der Waals surface area contributed by atoms with E-state index in [2.05, 4.69) is 15.9 Å². The van der Waals surface area contributed by atoms with Gasteiger partial charge in [0.25, 0.3) is 5.91 Å². The van der Waals surface area contributed by atoms with Gasteiger partial charge in [0.05, 0.1) is 0 Å². The molecular weight excluding hydrogens is 324 g/mol. The van der Waals surface area contributed by atoms with Crippen LogP contribution in [0.15, 0.2) is 16.7 Å². The number of carbonyl (C=O) groups is 2. The maximum atomic E-state index is 12.6. The fourth-order valence-corrected chi connectivity index (χ4v) is 2.48. The van der Waals surface area contributed by atoms with Gasteiger partial charge in [-0.05, 0) is 41.8 Å². The van der Waals surface area contributed by atoms with E-state index in [0.29, 0.717) is 12.1 Å². The minimum absolute atomic E-state index is 0.109. The molecule has 1 unspecified atom stereocenters. The molecule has 1 heterocycles. The third kappa shape index (κ3) is 4.10. The van der Waals surface area contributed by atoms with Crippen molar-refractivity contribution >= 4 is 27.8 Å². The molecule has 20 heavy (non-hydrogen) atoms. The van der Waals surface area contributed by atoms with E-state index < -0.39 is 5.97 Å². The van der Waals surface area contributed by atoms with E-state index in [4.69, 9.17) is 5.11 Å². The van der Waals surface area contributed by atoms with E-state index in [1.54, 1.807) is 6.07 Å². The van der Waals surface area contributed by atoms with Crippen molar-refractivity contribution in [3.63, 3.8) is 0 Å². The van der Waals surface area contributed by atoms with Crippen molar-refractivity contribution in [2.24, 2.45) is 0 Å². The Morgan fingerprint density at radius 3 is 2.60 bits per heavy atom. The van der Waals surface area contributed by atoms with Gasteiger partial charge < -0.3 is 14.6 Å². The average Bonchev–Trinajstić information content (AvgIpc) is 2.75. The van der Waals surface area contributed by atoms with E-state index in [9.17, 15) is 9.59 Å². The molecule has 1 aromatic heterocycles. The molecule has 1 amide bonds. The van der Waals surface area contributed by atoms with Crippen molar-refractivity contribution in [2.45, 2.75) is 46.2 Å². The number of aryl methyl sites for hydroxylation is 1. The summed E-state index contributed by atoms with van der Waals surface area (Å²) in [4.78, 5) is 25.0. The summed E-state index contributed by atoms with van der Waals surface area (Å²) in [5.41, 5.74) is 0.528. The molecule has 0 saturated heterocycles. The average molecular weight is 345 g/mol. The van der Waals surface area contributed by atoms with Crippen LogP contribution in [0, 0.1) is 0 Å². The normalized spacial score (nSPS) is 12.2. The highest BCUT2D eigenvalue weighted by Gasteiger charge is 2.25. The Bertz CT molecular complexity index is 485. The Hall–Kier alpha value is -1.30. The quantitative estimate of drug-likeness (QED) is 0.826. The molecular formula is C14H21BrN2O3. The van der Waals surface area contributed by atoms with Crippen molar-refractivity contribution in [3.05, 3.63) is 22.4 Å². The van der Waals surface area contributed by atoms with Gasteiger partial charge in [-0.2, -0.15) is 0 Å². The summed E-state index contributed by atoms with van der Waals surface area (Å²) in [6, 6.07) is 1.64. The first kappa shape index (κ1) is 16.8. The van der Waals surface area contributed by atoms with Crippen LogP contribution in [-0.2, 0) is 11.3 Å². The number of carbonyl (C=O) groups excluding carboxylic acids is 1. The van der Waals surface area contributed by atoms with Crippen molar-refractivity contribution in [1.29, 1.82) is 0 Å². The van der Waals surface area contributed by atoms with Crippen molar-refractivity contribution in [2.75, 3.05) is 6.54 Å². The summed E-state index contributed by atoms with van der Waals surface area (Å²) >= 11 is 3.37. The topological polar surface area (TPSA) is 62.5 Å². The van der Waals surface area contributed by atoms with Gasteiger partial charge >= 0.3 is 5.97 Å². The summed E-state index contributed by atoms with van der Waals surface area (Å²) < 4.78 is 2.69. The van der Waals surface area contributed by atoms with Crippen LogP contribution in [0.2, 0.25) is 0 Å². The lowest BCUT2D eigenvalue weighted by Crippen LogP contribution is -2.42. The maximum Gasteiger partial charge on any atom is 0.323 e. The van der Waals surface area contributed by atoms with E-state index in [1.807, 2.05) is 31.5 Å². The molecule has 112 valence electrons. The number of carboxylic acids is 1. The summed E-state index contributed by atoms with van der Waals surface area (Å²) in [6.45, 7) is 6.29. The fraction of sp³-hybridized carbons (Fsp3) is 0.571. The van der Waals surface area contributed by atoms with Gasteiger partial charge in [0.1, 0.15) is 12.2 Å². The smallest absolute Gasteiger partial charge is 0.323 e. The number of hydrogen-bond donors (Lipinski definition) is 1. The number of halogens is 1. The number of amides is 1. The molecule has 0 aliphatic heterocycles. The molecule has 0 bridgehead atoms. The van der Waals surface area contributed by atoms with E-state index >= 15 is 0 Å². The Balaban J connectivity index is 3.07. The van der Waals surface area contributed by atoms with Gasteiger partial charge in [-0.15, -0.1) is 0 Å². The molecule has 6 heteroatoms. The minimum Gasteiger partial charge on any atom is -0.480 e. The highest BCUT2D eigenvalue weighted by atomic mass is 79.9. The molecule has 0 saturated carbocycles. The van der Waals surface area contributed by atoms with Crippen molar-refractivity contribution < 1.29 is 14.7 Å². The zero-order chi connectivity index (χ0) is 15.3. The lowest BCUT2D eigenvalue weighted by molar-refractivity contribution is -0.138. The fourth-order valence-electron chi connectivity index (χ4n) is 2.02. The second kappa shape index (κ2) is 7.47. The molecule has 5 nitrogen and oxygen atoms in total. The van der Waals surface area contributed by atoms with E-state index in [-0.39, 0.29) is 18.5 Å². The van der Waals surface area contributed by atoms with Gasteiger partial charge in [-0.25, -0.2) is 0 Å². The molecule has 1 N–H and O–H groups in total. The molecule has 0 aromatic carbocycles. The maximum absolute atomic E-state index is 12.6. The zero-order valence-electron chi connectivity index (χ0n) is 12.1. The highest BCUT2D eigenvalue weighted by molar-refractivity contribution is 9.10. The summed E-state index contributed by atoms with van der Waals surface area (Å²) in [5, 5.41) is 8.99. The minimum atomic E-state index is -0.994. The molecule has 0 aliphatic rings. The number of carboxylic acid groups (broad SMARTS) is 1. The number of rotatable bonds is 7.